The van der Waals surface area contributed by atoms with Crippen LogP contribution >= 0.6 is 0 Å². The van der Waals surface area contributed by atoms with Crippen LogP contribution in [0.5, 0.6) is 0 Å². The Labute approximate surface area is 146 Å². The van der Waals surface area contributed by atoms with Crippen molar-refractivity contribution in [3.63, 3.8) is 0 Å². The summed E-state index contributed by atoms with van der Waals surface area (Å²) in [5.74, 6) is -0.734. The van der Waals surface area contributed by atoms with Crippen LogP contribution in [0.4, 0.5) is 0 Å². The van der Waals surface area contributed by atoms with Gasteiger partial charge in [-0.1, -0.05) is 0 Å². The molecule has 0 aromatic carbocycles. The Kier molecular flexibility index (Phi) is 6.11. The molecule has 0 radical (unpaired) electrons. The molecular weight excluding hydrogens is 324 g/mol. The molecule has 9 heteroatoms. The number of amides is 3. The summed E-state index contributed by atoms with van der Waals surface area (Å²) in [5, 5.41) is 9.77. The molecule has 0 saturated heterocycles. The Balaban J connectivity index is 1.68. The van der Waals surface area contributed by atoms with Crippen molar-refractivity contribution in [3.8, 4) is 0 Å². The van der Waals surface area contributed by atoms with Gasteiger partial charge in [0.1, 0.15) is 18.1 Å². The van der Waals surface area contributed by atoms with Gasteiger partial charge in [0.05, 0.1) is 6.54 Å². The molecule has 2 atom stereocenters. The van der Waals surface area contributed by atoms with E-state index in [0.29, 0.717) is 19.5 Å². The molecule has 1 saturated carbocycles. The highest BCUT2D eigenvalue weighted by Crippen LogP contribution is 2.25. The summed E-state index contributed by atoms with van der Waals surface area (Å²) in [6, 6.07) is 0.120. The van der Waals surface area contributed by atoms with Crippen LogP contribution in [-0.2, 0) is 20.9 Å². The largest absolute Gasteiger partial charge is 0.369 e. The molecular formula is C16H26N6O3. The van der Waals surface area contributed by atoms with Crippen molar-refractivity contribution in [2.75, 3.05) is 6.54 Å². The van der Waals surface area contributed by atoms with Gasteiger partial charge in [0.15, 0.2) is 0 Å². The monoisotopic (exact) mass is 350 g/mol. The van der Waals surface area contributed by atoms with Crippen LogP contribution in [0.2, 0.25) is 0 Å². The van der Waals surface area contributed by atoms with Crippen molar-refractivity contribution in [2.24, 2.45) is 17.1 Å². The minimum Gasteiger partial charge on any atom is -0.369 e. The van der Waals surface area contributed by atoms with Gasteiger partial charge in [0.2, 0.25) is 17.7 Å². The molecule has 9 nitrogen and oxygen atoms in total. The van der Waals surface area contributed by atoms with Gasteiger partial charge in [0, 0.05) is 19.0 Å². The average Bonchev–Trinajstić information content (AvgIpc) is 3.22. The van der Waals surface area contributed by atoms with Crippen molar-refractivity contribution in [2.45, 2.75) is 52.1 Å². The van der Waals surface area contributed by atoms with Gasteiger partial charge in [0.25, 0.3) is 0 Å². The highest BCUT2D eigenvalue weighted by Gasteiger charge is 2.34. The van der Waals surface area contributed by atoms with Gasteiger partial charge in [-0.05, 0) is 39.0 Å². The van der Waals surface area contributed by atoms with E-state index in [1.807, 2.05) is 0 Å². The van der Waals surface area contributed by atoms with Crippen molar-refractivity contribution < 1.29 is 14.4 Å². The predicted octanol–water partition coefficient (Wildman–Crippen LogP) is -0.419. The third-order valence-electron chi connectivity index (χ3n) is 4.68. The molecule has 1 heterocycles. The second-order valence-corrected chi connectivity index (χ2v) is 7.05. The summed E-state index contributed by atoms with van der Waals surface area (Å²) >= 11 is 0. The van der Waals surface area contributed by atoms with Gasteiger partial charge in [-0.2, -0.15) is 5.10 Å². The summed E-state index contributed by atoms with van der Waals surface area (Å²) in [6.07, 6.45) is 5.99. The quantitative estimate of drug-likeness (QED) is 0.548. The summed E-state index contributed by atoms with van der Waals surface area (Å²) in [4.78, 5) is 39.1. The lowest BCUT2D eigenvalue weighted by Crippen LogP contribution is -2.46. The normalized spacial score (nSPS) is 20.2. The van der Waals surface area contributed by atoms with E-state index in [0.717, 1.165) is 19.3 Å². The molecule has 1 aliphatic rings. The molecule has 2 rings (SSSR count). The van der Waals surface area contributed by atoms with Gasteiger partial charge in [-0.3, -0.25) is 19.1 Å². The number of rotatable bonds is 8. The zero-order chi connectivity index (χ0) is 18.4. The topological polar surface area (TPSA) is 132 Å². The minimum absolute atomic E-state index is 0.0138. The van der Waals surface area contributed by atoms with Gasteiger partial charge in [-0.25, -0.2) is 4.98 Å². The number of carbonyl (C=O) groups excluding carboxylic acids is 3. The fraction of sp³-hybridized carbons (Fsp3) is 0.688. The average molecular weight is 350 g/mol. The summed E-state index contributed by atoms with van der Waals surface area (Å²) in [5.41, 5.74) is 4.02. The van der Waals surface area contributed by atoms with Crippen LogP contribution in [0.1, 0.15) is 39.5 Å². The Morgan fingerprint density at radius 1 is 1.32 bits per heavy atom. The lowest BCUT2D eigenvalue weighted by Gasteiger charge is -2.21. The molecule has 4 N–H and O–H groups in total. The zero-order valence-corrected chi connectivity index (χ0v) is 14.7. The van der Waals surface area contributed by atoms with E-state index in [9.17, 15) is 14.4 Å². The first-order valence-corrected chi connectivity index (χ1v) is 8.49. The Hall–Kier alpha value is -2.45. The van der Waals surface area contributed by atoms with Crippen molar-refractivity contribution in [1.82, 2.24) is 25.4 Å². The van der Waals surface area contributed by atoms with E-state index in [2.05, 4.69) is 20.7 Å². The molecule has 25 heavy (non-hydrogen) atoms. The summed E-state index contributed by atoms with van der Waals surface area (Å²) in [7, 11) is 0. The second-order valence-electron chi connectivity index (χ2n) is 7.05. The van der Waals surface area contributed by atoms with Crippen LogP contribution in [-0.4, -0.2) is 45.1 Å². The van der Waals surface area contributed by atoms with Crippen molar-refractivity contribution in [1.29, 1.82) is 0 Å². The van der Waals surface area contributed by atoms with Crippen molar-refractivity contribution >= 4 is 17.7 Å². The maximum atomic E-state index is 12.0. The Bertz CT molecular complexity index is 613. The SMILES string of the molecule is CC(C)(C(N)=O)C(=O)NC[C@H]1CC[C@@H](NC(=O)CCn2cncn2)C1. The van der Waals surface area contributed by atoms with Crippen molar-refractivity contribution in [3.05, 3.63) is 12.7 Å². The maximum absolute atomic E-state index is 12.0. The van der Waals surface area contributed by atoms with Crippen LogP contribution in [0, 0.1) is 11.3 Å². The third kappa shape index (κ3) is 5.27. The molecule has 1 aliphatic carbocycles. The molecule has 0 aliphatic heterocycles. The first kappa shape index (κ1) is 18.9. The number of nitrogens with zero attached hydrogens (tertiary/aromatic N) is 3. The smallest absolute Gasteiger partial charge is 0.235 e. The van der Waals surface area contributed by atoms with E-state index in [4.69, 9.17) is 5.73 Å². The number of carbonyl (C=O) groups is 3. The fourth-order valence-corrected chi connectivity index (χ4v) is 2.83. The van der Waals surface area contributed by atoms with E-state index in [-0.39, 0.29) is 23.8 Å². The molecule has 3 amide bonds. The number of nitrogens with two attached hydrogens (primary N) is 1. The molecule has 1 aromatic heterocycles. The lowest BCUT2D eigenvalue weighted by atomic mass is 9.91. The molecule has 1 fully saturated rings. The van der Waals surface area contributed by atoms with Gasteiger partial charge >= 0.3 is 0 Å². The summed E-state index contributed by atoms with van der Waals surface area (Å²) in [6.45, 7) is 4.01. The molecule has 1 aromatic rings. The van der Waals surface area contributed by atoms with Crippen LogP contribution in [0.3, 0.4) is 0 Å². The Morgan fingerprint density at radius 3 is 2.72 bits per heavy atom. The highest BCUT2D eigenvalue weighted by atomic mass is 16.2. The zero-order valence-electron chi connectivity index (χ0n) is 14.7. The lowest BCUT2D eigenvalue weighted by molar-refractivity contribution is -0.139. The number of hydrogen-bond acceptors (Lipinski definition) is 5. The van der Waals surface area contributed by atoms with Gasteiger partial charge in [-0.15, -0.1) is 0 Å². The molecule has 0 bridgehead atoms. The van der Waals surface area contributed by atoms with Crippen LogP contribution in [0.25, 0.3) is 0 Å². The van der Waals surface area contributed by atoms with E-state index >= 15 is 0 Å². The fourth-order valence-electron chi connectivity index (χ4n) is 2.83. The van der Waals surface area contributed by atoms with Gasteiger partial charge < -0.3 is 16.4 Å². The van der Waals surface area contributed by atoms with E-state index < -0.39 is 11.3 Å². The predicted molar refractivity (Wildman–Crippen MR) is 89.9 cm³/mol. The third-order valence-corrected chi connectivity index (χ3v) is 4.68. The highest BCUT2D eigenvalue weighted by molar-refractivity contribution is 6.03. The number of aryl methyl sites for hydroxylation is 1. The van der Waals surface area contributed by atoms with E-state index in [1.54, 1.807) is 11.0 Å². The second kappa shape index (κ2) is 8.09. The number of aromatic nitrogens is 3. The molecule has 138 valence electrons. The first-order chi connectivity index (χ1) is 11.8. The summed E-state index contributed by atoms with van der Waals surface area (Å²) < 4.78 is 1.62. The van der Waals surface area contributed by atoms with E-state index in [1.165, 1.54) is 20.2 Å². The number of nitrogens with one attached hydrogen (secondary N) is 2. The molecule has 0 spiro atoms. The Morgan fingerprint density at radius 2 is 2.08 bits per heavy atom. The minimum atomic E-state index is -1.21. The number of primary amides is 1. The van der Waals surface area contributed by atoms with Crippen LogP contribution in [0.15, 0.2) is 12.7 Å². The first-order valence-electron chi connectivity index (χ1n) is 8.49. The maximum Gasteiger partial charge on any atom is 0.235 e. The molecule has 0 unspecified atom stereocenters. The van der Waals surface area contributed by atoms with Crippen LogP contribution < -0.4 is 16.4 Å². The standard InChI is InChI=1S/C16H26N6O3/c1-16(2,14(17)24)15(25)19-8-11-3-4-12(7-11)21-13(23)5-6-22-10-18-9-20-22/h9-12H,3-8H2,1-2H3,(H2,17,24)(H,19,25)(H,21,23)/t11-,12+/m0/s1. The number of hydrogen-bond donors (Lipinski definition) is 3.